The number of nitrogens with two attached hydrogens (primary N) is 1. The average Bonchev–Trinajstić information content (AvgIpc) is 3.29. The second-order valence-corrected chi connectivity index (χ2v) is 6.73. The Morgan fingerprint density at radius 1 is 1.27 bits per heavy atom. The maximum absolute atomic E-state index is 12.7. The number of furan rings is 1. The third-order valence-corrected chi connectivity index (χ3v) is 4.68. The van der Waals surface area contributed by atoms with E-state index in [1.807, 2.05) is 0 Å². The summed E-state index contributed by atoms with van der Waals surface area (Å²) in [5.41, 5.74) is 4.21. The first-order chi connectivity index (χ1) is 12.3. The lowest BCUT2D eigenvalue weighted by atomic mass is 10.1. The van der Waals surface area contributed by atoms with E-state index in [0.29, 0.717) is 5.76 Å². The van der Waals surface area contributed by atoms with Gasteiger partial charge in [-0.05, 0) is 19.1 Å². The van der Waals surface area contributed by atoms with E-state index < -0.39 is 22.3 Å². The molecule has 0 fully saturated rings. The molecular formula is C15H15N5O5S. The minimum absolute atomic E-state index is 0.137. The molecule has 136 valence electrons. The van der Waals surface area contributed by atoms with Crippen molar-refractivity contribution in [2.45, 2.75) is 17.4 Å². The largest absolute Gasteiger partial charge is 0.459 e. The van der Waals surface area contributed by atoms with Crippen molar-refractivity contribution in [1.29, 1.82) is 0 Å². The van der Waals surface area contributed by atoms with E-state index in [4.69, 9.17) is 14.6 Å². The number of nitrogen functional groups attached to an aromatic ring is 1. The Labute approximate surface area is 150 Å². The number of thioether (sulfide) groups is 1. The Bertz CT molecular complexity index is 1080. The number of carbonyl (C=O) groups is 1. The summed E-state index contributed by atoms with van der Waals surface area (Å²) in [6, 6.07) is 3.34. The molecule has 11 heteroatoms. The second kappa shape index (κ2) is 6.67. The van der Waals surface area contributed by atoms with Crippen molar-refractivity contribution in [3.05, 3.63) is 44.8 Å². The monoisotopic (exact) mass is 377 g/mol. The molecule has 0 saturated heterocycles. The number of hydrogen-bond acceptors (Lipinski definition) is 9. The van der Waals surface area contributed by atoms with Crippen LogP contribution < -0.4 is 17.0 Å². The zero-order valence-corrected chi connectivity index (χ0v) is 14.9. The number of hydrogen-bond donors (Lipinski definition) is 1. The van der Waals surface area contributed by atoms with Crippen molar-refractivity contribution < 1.29 is 13.6 Å². The van der Waals surface area contributed by atoms with Crippen LogP contribution in [0, 0.1) is 0 Å². The van der Waals surface area contributed by atoms with Crippen molar-refractivity contribution >= 4 is 23.4 Å². The van der Waals surface area contributed by atoms with Crippen molar-refractivity contribution in [1.82, 2.24) is 19.3 Å². The van der Waals surface area contributed by atoms with Gasteiger partial charge in [0.25, 0.3) is 16.7 Å². The van der Waals surface area contributed by atoms with Gasteiger partial charge in [0.2, 0.25) is 0 Å². The van der Waals surface area contributed by atoms with E-state index >= 15 is 0 Å². The lowest BCUT2D eigenvalue weighted by Crippen LogP contribution is -2.42. The van der Waals surface area contributed by atoms with Crippen LogP contribution in [0.15, 0.2) is 42.0 Å². The summed E-state index contributed by atoms with van der Waals surface area (Å²) in [6.07, 6.45) is 1.47. The Morgan fingerprint density at radius 3 is 2.65 bits per heavy atom. The Balaban J connectivity index is 1.88. The highest BCUT2D eigenvalue weighted by Gasteiger charge is 2.27. The molecule has 3 rings (SSSR count). The summed E-state index contributed by atoms with van der Waals surface area (Å²) >= 11 is 0.975. The van der Waals surface area contributed by atoms with E-state index in [1.54, 1.807) is 19.1 Å². The van der Waals surface area contributed by atoms with E-state index in [9.17, 15) is 14.4 Å². The highest BCUT2D eigenvalue weighted by molar-refractivity contribution is 8.00. The van der Waals surface area contributed by atoms with E-state index in [-0.39, 0.29) is 22.5 Å². The molecule has 0 saturated carbocycles. The smallest absolute Gasteiger partial charge is 0.332 e. The SMILES string of the molecule is CC(Sc1nnc(-c2ccco2)o1)C(=O)c1c(N)n(C)c(=O)n(C)c1=O. The maximum Gasteiger partial charge on any atom is 0.332 e. The van der Waals surface area contributed by atoms with Crippen LogP contribution in [0.25, 0.3) is 11.7 Å². The van der Waals surface area contributed by atoms with Gasteiger partial charge in [0.05, 0.1) is 11.5 Å². The van der Waals surface area contributed by atoms with Crippen LogP contribution in [-0.2, 0) is 14.1 Å². The molecule has 3 aromatic rings. The van der Waals surface area contributed by atoms with Gasteiger partial charge in [0.1, 0.15) is 11.4 Å². The number of nitrogens with zero attached hydrogens (tertiary/aromatic N) is 4. The third-order valence-electron chi connectivity index (χ3n) is 3.74. The van der Waals surface area contributed by atoms with Gasteiger partial charge in [-0.1, -0.05) is 11.8 Å². The van der Waals surface area contributed by atoms with Gasteiger partial charge in [-0.25, -0.2) is 4.79 Å². The Kier molecular flexibility index (Phi) is 4.55. The molecule has 1 atom stereocenters. The molecule has 0 amide bonds. The number of rotatable bonds is 5. The summed E-state index contributed by atoms with van der Waals surface area (Å²) in [5.74, 6) is -0.145. The van der Waals surface area contributed by atoms with E-state index in [1.165, 1.54) is 20.4 Å². The van der Waals surface area contributed by atoms with Crippen LogP contribution in [-0.4, -0.2) is 30.4 Å². The predicted molar refractivity (Wildman–Crippen MR) is 93.0 cm³/mol. The first kappa shape index (κ1) is 17.7. The quantitative estimate of drug-likeness (QED) is 0.502. The first-order valence-corrected chi connectivity index (χ1v) is 8.33. The highest BCUT2D eigenvalue weighted by atomic mass is 32.2. The molecule has 0 bridgehead atoms. The topological polar surface area (TPSA) is 139 Å². The van der Waals surface area contributed by atoms with Crippen LogP contribution in [0.4, 0.5) is 5.82 Å². The molecule has 0 aromatic carbocycles. The zero-order chi connectivity index (χ0) is 19.0. The lowest BCUT2D eigenvalue weighted by Gasteiger charge is -2.13. The van der Waals surface area contributed by atoms with Crippen molar-refractivity contribution in [2.24, 2.45) is 14.1 Å². The molecule has 3 heterocycles. The van der Waals surface area contributed by atoms with Crippen LogP contribution in [0.5, 0.6) is 0 Å². The predicted octanol–water partition coefficient (Wildman–Crippen LogP) is 0.673. The fourth-order valence-corrected chi connectivity index (χ4v) is 3.00. The number of carbonyl (C=O) groups excluding carboxylic acids is 1. The number of aromatic nitrogens is 4. The first-order valence-electron chi connectivity index (χ1n) is 7.45. The number of anilines is 1. The normalized spacial score (nSPS) is 12.3. The summed E-state index contributed by atoms with van der Waals surface area (Å²) in [4.78, 5) is 36.8. The number of ketones is 1. The van der Waals surface area contributed by atoms with Crippen molar-refractivity contribution in [2.75, 3.05) is 5.73 Å². The van der Waals surface area contributed by atoms with E-state index in [2.05, 4.69) is 10.2 Å². The van der Waals surface area contributed by atoms with Crippen LogP contribution in [0.2, 0.25) is 0 Å². The molecule has 1 unspecified atom stereocenters. The molecule has 26 heavy (non-hydrogen) atoms. The molecular weight excluding hydrogens is 362 g/mol. The number of Topliss-reactive ketones (excluding diaryl/α,β-unsaturated/α-hetero) is 1. The van der Waals surface area contributed by atoms with Gasteiger partial charge in [0, 0.05) is 14.1 Å². The fourth-order valence-electron chi connectivity index (χ4n) is 2.26. The Hall–Kier alpha value is -3.08. The van der Waals surface area contributed by atoms with Crippen LogP contribution in [0.3, 0.4) is 0 Å². The van der Waals surface area contributed by atoms with E-state index in [0.717, 1.165) is 20.9 Å². The molecule has 0 aliphatic carbocycles. The third kappa shape index (κ3) is 2.96. The van der Waals surface area contributed by atoms with Gasteiger partial charge in [-0.15, -0.1) is 10.2 Å². The zero-order valence-electron chi connectivity index (χ0n) is 14.1. The summed E-state index contributed by atoms with van der Waals surface area (Å²) in [6.45, 7) is 1.58. The summed E-state index contributed by atoms with van der Waals surface area (Å²) < 4.78 is 12.5. The van der Waals surface area contributed by atoms with Crippen molar-refractivity contribution in [3.63, 3.8) is 0 Å². The Morgan fingerprint density at radius 2 is 2.00 bits per heavy atom. The van der Waals surface area contributed by atoms with Gasteiger partial charge >= 0.3 is 5.69 Å². The molecule has 0 radical (unpaired) electrons. The molecule has 10 nitrogen and oxygen atoms in total. The van der Waals surface area contributed by atoms with Gasteiger partial charge in [-0.2, -0.15) is 0 Å². The molecule has 0 aliphatic heterocycles. The molecule has 3 aromatic heterocycles. The minimum Gasteiger partial charge on any atom is -0.459 e. The summed E-state index contributed by atoms with van der Waals surface area (Å²) in [5, 5.41) is 7.08. The standard InChI is InChI=1S/C15H15N5O5S/c1-7(26-14-18-17-12(25-14)8-5-4-6-24-8)10(21)9-11(16)19(2)15(23)20(3)13(9)22/h4-7H,16H2,1-3H3. The van der Waals surface area contributed by atoms with Gasteiger partial charge in [-0.3, -0.25) is 18.7 Å². The highest BCUT2D eigenvalue weighted by Crippen LogP contribution is 2.28. The van der Waals surface area contributed by atoms with Gasteiger partial charge < -0.3 is 14.6 Å². The average molecular weight is 377 g/mol. The molecule has 0 spiro atoms. The lowest BCUT2D eigenvalue weighted by molar-refractivity contribution is 0.0991. The molecule has 2 N–H and O–H groups in total. The van der Waals surface area contributed by atoms with Crippen LogP contribution in [0.1, 0.15) is 17.3 Å². The molecule has 0 aliphatic rings. The second-order valence-electron chi connectivity index (χ2n) is 5.44. The van der Waals surface area contributed by atoms with Crippen molar-refractivity contribution in [3.8, 4) is 11.7 Å². The summed E-state index contributed by atoms with van der Waals surface area (Å²) in [7, 11) is 2.67. The minimum atomic E-state index is -0.746. The maximum atomic E-state index is 12.7. The fraction of sp³-hybridized carbons (Fsp3) is 0.267. The van der Waals surface area contributed by atoms with Gasteiger partial charge in [0.15, 0.2) is 11.5 Å². The van der Waals surface area contributed by atoms with Crippen LogP contribution >= 0.6 is 11.8 Å².